The molecule has 0 atom stereocenters. The Labute approximate surface area is 98.4 Å². The van der Waals surface area contributed by atoms with Crippen LogP contribution in [0, 0.1) is 0 Å². The number of ketones is 1. The summed E-state index contributed by atoms with van der Waals surface area (Å²) in [7, 11) is 0. The van der Waals surface area contributed by atoms with Crippen LogP contribution in [0.1, 0.15) is 16.8 Å². The molecule has 0 spiro atoms. The molecule has 0 fully saturated rings. The van der Waals surface area contributed by atoms with Gasteiger partial charge < -0.3 is 4.74 Å². The van der Waals surface area contributed by atoms with E-state index in [1.54, 1.807) is 10.8 Å². The number of halogens is 3. The molecule has 1 rings (SSSR count). The van der Waals surface area contributed by atoms with Gasteiger partial charge >= 0.3 is 0 Å². The predicted molar refractivity (Wildman–Crippen MR) is 57.8 cm³/mol. The first kappa shape index (κ1) is 12.7. The van der Waals surface area contributed by atoms with Crippen LogP contribution in [0.2, 0.25) is 0 Å². The van der Waals surface area contributed by atoms with Gasteiger partial charge in [0.2, 0.25) is 0 Å². The van der Waals surface area contributed by atoms with E-state index in [0.29, 0.717) is 5.56 Å². The zero-order chi connectivity index (χ0) is 11.3. The maximum absolute atomic E-state index is 11.7. The van der Waals surface area contributed by atoms with E-state index in [1.807, 2.05) is 0 Å². The van der Waals surface area contributed by atoms with Gasteiger partial charge in [0, 0.05) is 27.2 Å². The van der Waals surface area contributed by atoms with E-state index in [1.165, 1.54) is 11.3 Å². The maximum Gasteiger partial charge on any atom is 0.261 e. The fourth-order valence-corrected chi connectivity index (χ4v) is 2.47. The molecule has 1 aromatic heterocycles. The third kappa shape index (κ3) is 4.36. The lowest BCUT2D eigenvalue weighted by Gasteiger charge is -2.02. The molecule has 0 N–H and O–H groups in total. The first-order valence-corrected chi connectivity index (χ1v) is 5.95. The van der Waals surface area contributed by atoms with Crippen LogP contribution in [0.25, 0.3) is 0 Å². The van der Waals surface area contributed by atoms with Crippen LogP contribution >= 0.6 is 27.3 Å². The lowest BCUT2D eigenvalue weighted by Crippen LogP contribution is -2.09. The predicted octanol–water partition coefficient (Wildman–Crippen LogP) is 3.37. The fraction of sp³-hybridized carbons (Fsp3) is 0.444. The number of carbonyl (C=O) groups is 1. The Morgan fingerprint density at radius 1 is 1.53 bits per heavy atom. The van der Waals surface area contributed by atoms with Crippen molar-refractivity contribution < 1.29 is 18.3 Å². The molecule has 84 valence electrons. The van der Waals surface area contributed by atoms with Gasteiger partial charge in [-0.15, -0.1) is 0 Å². The largest absolute Gasteiger partial charge is 0.375 e. The van der Waals surface area contributed by atoms with E-state index in [-0.39, 0.29) is 18.8 Å². The van der Waals surface area contributed by atoms with Crippen LogP contribution in [-0.2, 0) is 4.74 Å². The average molecular weight is 299 g/mol. The molecule has 0 saturated carbocycles. The van der Waals surface area contributed by atoms with Gasteiger partial charge in [0.05, 0.1) is 6.61 Å². The van der Waals surface area contributed by atoms with Gasteiger partial charge in [-0.3, -0.25) is 4.79 Å². The smallest absolute Gasteiger partial charge is 0.261 e. The number of ether oxygens (including phenoxy) is 1. The summed E-state index contributed by atoms with van der Waals surface area (Å²) in [6.45, 7) is -0.580. The number of thiophene rings is 1. The molecule has 0 aromatic carbocycles. The first-order chi connectivity index (χ1) is 7.11. The summed E-state index contributed by atoms with van der Waals surface area (Å²) in [5, 5.41) is 3.52. The lowest BCUT2D eigenvalue weighted by molar-refractivity contribution is 0.0170. The van der Waals surface area contributed by atoms with Gasteiger partial charge in [-0.1, -0.05) is 0 Å². The van der Waals surface area contributed by atoms with Crippen molar-refractivity contribution in [2.24, 2.45) is 0 Å². The molecule has 6 heteroatoms. The fourth-order valence-electron chi connectivity index (χ4n) is 0.952. The van der Waals surface area contributed by atoms with Crippen molar-refractivity contribution in [3.63, 3.8) is 0 Å². The number of rotatable bonds is 6. The summed E-state index contributed by atoms with van der Waals surface area (Å²) in [5.74, 6) is -0.0996. The summed E-state index contributed by atoms with van der Waals surface area (Å²) in [5.41, 5.74) is 0.584. The van der Waals surface area contributed by atoms with Gasteiger partial charge in [-0.2, -0.15) is 11.3 Å². The molecular weight excluding hydrogens is 290 g/mol. The third-order valence-corrected chi connectivity index (χ3v) is 3.34. The molecule has 0 amide bonds. The molecule has 0 aliphatic rings. The molecule has 2 nitrogen and oxygen atoms in total. The topological polar surface area (TPSA) is 26.3 Å². The number of hydrogen-bond donors (Lipinski definition) is 0. The Balaban J connectivity index is 2.28. The number of hydrogen-bond acceptors (Lipinski definition) is 3. The third-order valence-electron chi connectivity index (χ3n) is 1.63. The van der Waals surface area contributed by atoms with Gasteiger partial charge in [0.1, 0.15) is 6.61 Å². The van der Waals surface area contributed by atoms with Crippen molar-refractivity contribution in [3.05, 3.63) is 20.8 Å². The van der Waals surface area contributed by atoms with Crippen molar-refractivity contribution in [2.75, 3.05) is 13.2 Å². The minimum Gasteiger partial charge on any atom is -0.375 e. The summed E-state index contributed by atoms with van der Waals surface area (Å²) >= 11 is 4.64. The zero-order valence-electron chi connectivity index (χ0n) is 7.71. The van der Waals surface area contributed by atoms with Gasteiger partial charge in [-0.05, 0) is 15.9 Å². The van der Waals surface area contributed by atoms with Crippen molar-refractivity contribution in [1.29, 1.82) is 0 Å². The molecule has 0 radical (unpaired) electrons. The van der Waals surface area contributed by atoms with E-state index < -0.39 is 13.0 Å². The van der Waals surface area contributed by atoms with E-state index >= 15 is 0 Å². The summed E-state index contributed by atoms with van der Waals surface area (Å²) in [4.78, 5) is 11.5. The second-order valence-corrected chi connectivity index (χ2v) is 4.37. The van der Waals surface area contributed by atoms with Crippen LogP contribution in [0.3, 0.4) is 0 Å². The average Bonchev–Trinajstić information content (AvgIpc) is 2.58. The van der Waals surface area contributed by atoms with Crippen molar-refractivity contribution in [1.82, 2.24) is 0 Å². The van der Waals surface area contributed by atoms with Gasteiger partial charge in [-0.25, -0.2) is 8.78 Å². The van der Waals surface area contributed by atoms with Gasteiger partial charge in [0.25, 0.3) is 6.43 Å². The second-order valence-electron chi connectivity index (χ2n) is 2.77. The van der Waals surface area contributed by atoms with Crippen LogP contribution in [0.15, 0.2) is 15.2 Å². The first-order valence-electron chi connectivity index (χ1n) is 4.22. The second kappa shape index (κ2) is 6.30. The number of alkyl halides is 2. The number of Topliss-reactive ketones (excluding diaryl/α,β-unsaturated/α-hetero) is 1. The standard InChI is InChI=1S/C9H9BrF2O2S/c10-7-5-15-4-6(7)8(13)1-2-14-3-9(11)12/h4-5,9H,1-3H2. The minimum atomic E-state index is -2.48. The Morgan fingerprint density at radius 2 is 2.27 bits per heavy atom. The Hall–Kier alpha value is -0.330. The highest BCUT2D eigenvalue weighted by atomic mass is 79.9. The maximum atomic E-state index is 11.7. The highest BCUT2D eigenvalue weighted by Crippen LogP contribution is 2.22. The molecule has 0 bridgehead atoms. The van der Waals surface area contributed by atoms with Crippen molar-refractivity contribution in [3.8, 4) is 0 Å². The molecule has 15 heavy (non-hydrogen) atoms. The monoisotopic (exact) mass is 298 g/mol. The number of carbonyl (C=O) groups excluding carboxylic acids is 1. The molecule has 1 heterocycles. The van der Waals surface area contributed by atoms with Crippen molar-refractivity contribution >= 4 is 33.0 Å². The van der Waals surface area contributed by atoms with Crippen LogP contribution in [-0.4, -0.2) is 25.4 Å². The normalized spacial score (nSPS) is 10.9. The Morgan fingerprint density at radius 3 is 2.80 bits per heavy atom. The van der Waals surface area contributed by atoms with E-state index in [2.05, 4.69) is 20.7 Å². The van der Waals surface area contributed by atoms with E-state index in [4.69, 9.17) is 0 Å². The molecule has 0 aliphatic carbocycles. The van der Waals surface area contributed by atoms with E-state index in [9.17, 15) is 13.6 Å². The van der Waals surface area contributed by atoms with Crippen molar-refractivity contribution in [2.45, 2.75) is 12.8 Å². The molecule has 1 aromatic rings. The summed E-state index contributed by atoms with van der Waals surface area (Å²) < 4.78 is 28.7. The molecule has 0 saturated heterocycles. The van der Waals surface area contributed by atoms with Crippen LogP contribution in [0.5, 0.6) is 0 Å². The summed E-state index contributed by atoms with van der Waals surface area (Å²) in [6.07, 6.45) is -2.35. The Bertz CT molecular complexity index is 328. The lowest BCUT2D eigenvalue weighted by atomic mass is 10.2. The Kier molecular flexibility index (Phi) is 5.35. The molecular formula is C9H9BrF2O2S. The van der Waals surface area contributed by atoms with Crippen LogP contribution < -0.4 is 0 Å². The van der Waals surface area contributed by atoms with Crippen LogP contribution in [0.4, 0.5) is 8.78 Å². The van der Waals surface area contributed by atoms with Gasteiger partial charge in [0.15, 0.2) is 5.78 Å². The highest BCUT2D eigenvalue weighted by molar-refractivity contribution is 9.10. The van der Waals surface area contributed by atoms with E-state index in [0.717, 1.165) is 4.47 Å². The molecule has 0 aliphatic heterocycles. The molecule has 0 unspecified atom stereocenters. The zero-order valence-corrected chi connectivity index (χ0v) is 10.1. The quantitative estimate of drug-likeness (QED) is 0.594. The summed E-state index contributed by atoms with van der Waals surface area (Å²) in [6, 6.07) is 0. The SMILES string of the molecule is O=C(CCOCC(F)F)c1cscc1Br. The highest BCUT2D eigenvalue weighted by Gasteiger charge is 2.11. The minimum absolute atomic E-state index is 0.0332.